The van der Waals surface area contributed by atoms with Gasteiger partial charge in [0.25, 0.3) is 0 Å². The molecule has 0 fully saturated rings. The van der Waals surface area contributed by atoms with Gasteiger partial charge in [0, 0.05) is 0 Å². The molecule has 0 amide bonds. The Morgan fingerprint density at radius 2 is 2.67 bits per heavy atom. The Labute approximate surface area is 57.4 Å². The van der Waals surface area contributed by atoms with E-state index in [9.17, 15) is 0 Å². The van der Waals surface area contributed by atoms with Crippen LogP contribution < -0.4 is 0 Å². The molecule has 50 valence electrons. The zero-order valence-electron chi connectivity index (χ0n) is 5.11. The first kappa shape index (κ1) is 6.64. The Morgan fingerprint density at radius 3 is 3.11 bits per heavy atom. The third-order valence-corrected chi connectivity index (χ3v) is 1.84. The zero-order valence-corrected chi connectivity index (χ0v) is 5.93. The SMILES string of the molecule is CCC(O)c1nncs1. The molecule has 1 aromatic heterocycles. The minimum Gasteiger partial charge on any atom is -0.386 e. The van der Waals surface area contributed by atoms with Crippen molar-refractivity contribution >= 4 is 11.3 Å². The summed E-state index contributed by atoms with van der Waals surface area (Å²) in [6.07, 6.45) is 0.285. The summed E-state index contributed by atoms with van der Waals surface area (Å²) in [7, 11) is 0. The van der Waals surface area contributed by atoms with E-state index in [1.54, 1.807) is 5.51 Å². The largest absolute Gasteiger partial charge is 0.386 e. The van der Waals surface area contributed by atoms with Crippen molar-refractivity contribution in [2.24, 2.45) is 0 Å². The molecule has 0 saturated heterocycles. The molecule has 0 radical (unpaired) electrons. The molecule has 0 saturated carbocycles. The number of aliphatic hydroxyl groups excluding tert-OH is 1. The summed E-state index contributed by atoms with van der Waals surface area (Å²) < 4.78 is 0. The maximum Gasteiger partial charge on any atom is 0.145 e. The van der Waals surface area contributed by atoms with Crippen molar-refractivity contribution in [3.8, 4) is 0 Å². The molecule has 0 aliphatic carbocycles. The Morgan fingerprint density at radius 1 is 1.89 bits per heavy atom. The molecule has 9 heavy (non-hydrogen) atoms. The molecule has 1 heterocycles. The van der Waals surface area contributed by atoms with Gasteiger partial charge in [-0.25, -0.2) is 0 Å². The van der Waals surface area contributed by atoms with Crippen LogP contribution in [-0.2, 0) is 0 Å². The van der Waals surface area contributed by atoms with Gasteiger partial charge in [-0.05, 0) is 6.42 Å². The third kappa shape index (κ3) is 1.46. The standard InChI is InChI=1S/C5H8N2OS/c1-2-4(8)5-7-6-3-9-5/h3-4,8H,2H2,1H3. The van der Waals surface area contributed by atoms with Crippen molar-refractivity contribution < 1.29 is 5.11 Å². The van der Waals surface area contributed by atoms with Crippen molar-refractivity contribution in [1.82, 2.24) is 10.2 Å². The molecule has 1 atom stereocenters. The minimum absolute atomic E-state index is 0.419. The van der Waals surface area contributed by atoms with Crippen LogP contribution in [0.15, 0.2) is 5.51 Å². The van der Waals surface area contributed by atoms with E-state index in [1.165, 1.54) is 11.3 Å². The first-order valence-corrected chi connectivity index (χ1v) is 3.66. The van der Waals surface area contributed by atoms with E-state index in [2.05, 4.69) is 10.2 Å². The van der Waals surface area contributed by atoms with Gasteiger partial charge in [-0.1, -0.05) is 6.92 Å². The number of aromatic nitrogens is 2. The van der Waals surface area contributed by atoms with Crippen LogP contribution >= 0.6 is 11.3 Å². The normalized spacial score (nSPS) is 13.6. The van der Waals surface area contributed by atoms with Crippen molar-refractivity contribution in [3.63, 3.8) is 0 Å². The van der Waals surface area contributed by atoms with Gasteiger partial charge in [0.05, 0.1) is 0 Å². The zero-order chi connectivity index (χ0) is 6.69. The molecule has 3 nitrogen and oxygen atoms in total. The second-order valence-electron chi connectivity index (χ2n) is 1.70. The predicted octanol–water partition coefficient (Wildman–Crippen LogP) is 0.982. The Balaban J connectivity index is 2.65. The van der Waals surface area contributed by atoms with Crippen LogP contribution in [0.4, 0.5) is 0 Å². The van der Waals surface area contributed by atoms with Gasteiger partial charge in [0.2, 0.25) is 0 Å². The van der Waals surface area contributed by atoms with Gasteiger partial charge in [0.15, 0.2) is 0 Å². The van der Waals surface area contributed by atoms with Crippen LogP contribution in [0.2, 0.25) is 0 Å². The first-order chi connectivity index (χ1) is 4.34. The number of aliphatic hydroxyl groups is 1. The lowest BCUT2D eigenvalue weighted by atomic mass is 10.3. The molecule has 4 heteroatoms. The average molecular weight is 144 g/mol. The molecule has 1 unspecified atom stereocenters. The average Bonchev–Trinajstić information content (AvgIpc) is 2.37. The molecule has 1 rings (SSSR count). The van der Waals surface area contributed by atoms with E-state index in [1.807, 2.05) is 6.92 Å². The van der Waals surface area contributed by atoms with Crippen molar-refractivity contribution in [2.45, 2.75) is 19.4 Å². The lowest BCUT2D eigenvalue weighted by Gasteiger charge is -1.98. The number of rotatable bonds is 2. The molecule has 0 aromatic carbocycles. The van der Waals surface area contributed by atoms with E-state index >= 15 is 0 Å². The lowest BCUT2D eigenvalue weighted by molar-refractivity contribution is 0.172. The van der Waals surface area contributed by atoms with Crippen LogP contribution in [0.3, 0.4) is 0 Å². The van der Waals surface area contributed by atoms with Crippen LogP contribution in [0.1, 0.15) is 24.5 Å². The molecule has 0 spiro atoms. The Bertz CT molecular complexity index is 163. The molecule has 1 N–H and O–H groups in total. The molecular weight excluding hydrogens is 136 g/mol. The van der Waals surface area contributed by atoms with E-state index in [0.717, 1.165) is 0 Å². The van der Waals surface area contributed by atoms with E-state index in [-0.39, 0.29) is 0 Å². The number of nitrogens with zero attached hydrogens (tertiary/aromatic N) is 2. The van der Waals surface area contributed by atoms with Crippen molar-refractivity contribution in [3.05, 3.63) is 10.5 Å². The van der Waals surface area contributed by atoms with Gasteiger partial charge < -0.3 is 5.11 Å². The molecule has 0 bridgehead atoms. The first-order valence-electron chi connectivity index (χ1n) is 2.78. The number of hydrogen-bond donors (Lipinski definition) is 1. The minimum atomic E-state index is -0.419. The van der Waals surface area contributed by atoms with Crippen molar-refractivity contribution in [1.29, 1.82) is 0 Å². The summed E-state index contributed by atoms with van der Waals surface area (Å²) in [5.41, 5.74) is 1.62. The van der Waals surface area contributed by atoms with Gasteiger partial charge in [0.1, 0.15) is 16.6 Å². The molecular formula is C5H8N2OS. The van der Waals surface area contributed by atoms with Gasteiger partial charge in [-0.2, -0.15) is 0 Å². The van der Waals surface area contributed by atoms with Crippen LogP contribution in [0.5, 0.6) is 0 Å². The fourth-order valence-corrected chi connectivity index (χ4v) is 1.12. The molecule has 1 aromatic rings. The maximum atomic E-state index is 9.13. The second kappa shape index (κ2) is 2.89. The quantitative estimate of drug-likeness (QED) is 0.673. The summed E-state index contributed by atoms with van der Waals surface area (Å²) in [6, 6.07) is 0. The fraction of sp³-hybridized carbons (Fsp3) is 0.600. The fourth-order valence-electron chi connectivity index (χ4n) is 0.501. The summed E-state index contributed by atoms with van der Waals surface area (Å²) in [5.74, 6) is 0. The second-order valence-corrected chi connectivity index (χ2v) is 2.57. The van der Waals surface area contributed by atoms with E-state index in [0.29, 0.717) is 11.4 Å². The third-order valence-electron chi connectivity index (χ3n) is 1.05. The van der Waals surface area contributed by atoms with Gasteiger partial charge >= 0.3 is 0 Å². The van der Waals surface area contributed by atoms with Crippen molar-refractivity contribution in [2.75, 3.05) is 0 Å². The van der Waals surface area contributed by atoms with E-state index < -0.39 is 6.10 Å². The lowest BCUT2D eigenvalue weighted by Crippen LogP contribution is -1.93. The molecule has 0 aliphatic rings. The smallest absolute Gasteiger partial charge is 0.145 e. The predicted molar refractivity (Wildman–Crippen MR) is 35.2 cm³/mol. The highest BCUT2D eigenvalue weighted by molar-refractivity contribution is 7.09. The van der Waals surface area contributed by atoms with E-state index in [4.69, 9.17) is 5.11 Å². The Kier molecular flexibility index (Phi) is 2.13. The summed E-state index contributed by atoms with van der Waals surface area (Å²) in [4.78, 5) is 0. The maximum absolute atomic E-state index is 9.13. The summed E-state index contributed by atoms with van der Waals surface area (Å²) in [5, 5.41) is 17.1. The topological polar surface area (TPSA) is 46.0 Å². The highest BCUT2D eigenvalue weighted by Crippen LogP contribution is 2.15. The van der Waals surface area contributed by atoms with Crippen LogP contribution in [0, 0.1) is 0 Å². The monoisotopic (exact) mass is 144 g/mol. The number of hydrogen-bond acceptors (Lipinski definition) is 4. The summed E-state index contributed by atoms with van der Waals surface area (Å²) >= 11 is 1.38. The van der Waals surface area contributed by atoms with Crippen LogP contribution in [0.25, 0.3) is 0 Å². The Hall–Kier alpha value is -0.480. The van der Waals surface area contributed by atoms with Gasteiger partial charge in [-0.3, -0.25) is 0 Å². The van der Waals surface area contributed by atoms with Gasteiger partial charge in [-0.15, -0.1) is 21.5 Å². The summed E-state index contributed by atoms with van der Waals surface area (Å²) in [6.45, 7) is 1.91. The van der Waals surface area contributed by atoms with Crippen LogP contribution in [-0.4, -0.2) is 15.3 Å². The molecule has 0 aliphatic heterocycles. The highest BCUT2D eigenvalue weighted by Gasteiger charge is 2.06. The highest BCUT2D eigenvalue weighted by atomic mass is 32.1.